The smallest absolute Gasteiger partial charge is 0.423 e. The van der Waals surface area contributed by atoms with Crippen molar-refractivity contribution in [1.82, 2.24) is 0 Å². The predicted molar refractivity (Wildman–Crippen MR) is 453 cm³/mol. The van der Waals surface area contributed by atoms with Crippen molar-refractivity contribution in [1.29, 1.82) is 0 Å². The Bertz CT molecular complexity index is 6250. The predicted octanol–water partition coefficient (Wildman–Crippen LogP) is 26.0. The molecule has 21 rings (SSSR count). The Morgan fingerprint density at radius 2 is 0.528 bits per heavy atom. The van der Waals surface area contributed by atoms with Gasteiger partial charge in [-0.1, -0.05) is 323 Å². The summed E-state index contributed by atoms with van der Waals surface area (Å²) in [6.45, 7) is 33.1. The van der Waals surface area contributed by atoms with E-state index in [1.165, 1.54) is 198 Å². The standard InChI is InChI=1S/C58H48.C28H22Br2.C15H15BO2/c1-55(2)46-19-13-11-16-37(46)39-24-21-33(27-48(39)55)34-22-25-41-44-30-45-52(32-51(44)57(5,6)49(41)28-34)58(7,8)53-31-43(36-15-9-10-18-42(36)54(45)53)35-23-26-40-38-17-12-14-20-47(38)56(3,4)50(40)29-35;1-27(2)21-11-15(29)9-10-16(21)19-12-20-23(13-22(19)27)28(3,4)24-14-25(30)17-7-5-6-8-18(17)26(20)24;1-15(2)13-6-4-3-5-11(13)12-8-7-10(16(17)18)9-14(12)15/h9-32H,1-8H3;5-14H,1-4H3;3-9,17-18H,1-2H3. The zero-order chi connectivity index (χ0) is 73.6. The number of benzene rings is 14. The summed E-state index contributed by atoms with van der Waals surface area (Å²) in [5.41, 5.74) is 43.9. The van der Waals surface area contributed by atoms with Gasteiger partial charge < -0.3 is 10.0 Å². The molecule has 7 aliphatic carbocycles. The molecule has 0 aromatic heterocycles. The van der Waals surface area contributed by atoms with Gasteiger partial charge in [0.1, 0.15) is 0 Å². The van der Waals surface area contributed by atoms with Gasteiger partial charge in [0.05, 0.1) is 0 Å². The maximum Gasteiger partial charge on any atom is 0.488 e. The molecule has 0 unspecified atom stereocenters. The van der Waals surface area contributed by atoms with Gasteiger partial charge in [-0.05, 0) is 260 Å². The van der Waals surface area contributed by atoms with Crippen molar-refractivity contribution < 1.29 is 10.0 Å². The van der Waals surface area contributed by atoms with Crippen molar-refractivity contribution in [2.24, 2.45) is 0 Å². The Morgan fingerprint density at radius 1 is 0.217 bits per heavy atom. The summed E-state index contributed by atoms with van der Waals surface area (Å²) in [4.78, 5) is 0. The number of hydrogen-bond donors (Lipinski definition) is 2. The highest BCUT2D eigenvalue weighted by Crippen LogP contribution is 2.62. The topological polar surface area (TPSA) is 40.5 Å². The van der Waals surface area contributed by atoms with Crippen molar-refractivity contribution in [3.05, 3.63) is 336 Å². The third-order valence-corrected chi connectivity index (χ3v) is 27.7. The molecule has 0 saturated heterocycles. The van der Waals surface area contributed by atoms with Gasteiger partial charge in [-0.2, -0.15) is 0 Å². The Kier molecular flexibility index (Phi) is 14.4. The minimum atomic E-state index is -1.41. The van der Waals surface area contributed by atoms with Gasteiger partial charge in [0.25, 0.3) is 0 Å². The molecule has 2 nitrogen and oxygen atoms in total. The van der Waals surface area contributed by atoms with Gasteiger partial charge >= 0.3 is 7.12 Å². The van der Waals surface area contributed by atoms with Gasteiger partial charge in [0, 0.05) is 46.9 Å². The van der Waals surface area contributed by atoms with Crippen LogP contribution >= 0.6 is 31.9 Å². The molecule has 2 N–H and O–H groups in total. The summed E-state index contributed by atoms with van der Waals surface area (Å²) in [6.07, 6.45) is 0. The third-order valence-electron chi connectivity index (χ3n) is 26.6. The van der Waals surface area contributed by atoms with E-state index in [9.17, 15) is 10.0 Å². The molecule has 106 heavy (non-hydrogen) atoms. The van der Waals surface area contributed by atoms with Crippen LogP contribution in [0.1, 0.15) is 175 Å². The van der Waals surface area contributed by atoms with Crippen LogP contribution in [0.25, 0.3) is 122 Å². The van der Waals surface area contributed by atoms with E-state index < -0.39 is 7.12 Å². The average Bonchev–Trinajstić information content (AvgIpc) is 1.54. The molecule has 518 valence electrons. The second kappa shape index (κ2) is 22.8. The second-order valence-electron chi connectivity index (χ2n) is 34.8. The molecular formula is C101H85BBr2O2. The van der Waals surface area contributed by atoms with Crippen LogP contribution in [0, 0.1) is 0 Å². The molecule has 5 heteroatoms. The summed E-state index contributed by atoms with van der Waals surface area (Å²) in [7, 11) is -1.41. The van der Waals surface area contributed by atoms with E-state index in [2.05, 4.69) is 347 Å². The van der Waals surface area contributed by atoms with E-state index in [0.717, 1.165) is 10.0 Å². The quantitative estimate of drug-likeness (QED) is 0.173. The molecule has 0 amide bonds. The molecule has 0 radical (unpaired) electrons. The first-order valence-electron chi connectivity index (χ1n) is 37.7. The first kappa shape index (κ1) is 67.2. The average molecular weight is 1500 g/mol. The van der Waals surface area contributed by atoms with E-state index >= 15 is 0 Å². The molecule has 0 heterocycles. The molecule has 0 spiro atoms. The lowest BCUT2D eigenvalue weighted by molar-refractivity contribution is 0.425. The zero-order valence-electron chi connectivity index (χ0n) is 62.9. The van der Waals surface area contributed by atoms with Crippen LogP contribution in [0.3, 0.4) is 0 Å². The van der Waals surface area contributed by atoms with Crippen LogP contribution in [0.4, 0.5) is 0 Å². The fraction of sp³-hybridized carbons (Fsp3) is 0.208. The van der Waals surface area contributed by atoms with Gasteiger partial charge in [-0.15, -0.1) is 0 Å². The number of rotatable bonds is 3. The maximum atomic E-state index is 9.30. The van der Waals surface area contributed by atoms with Crippen molar-refractivity contribution in [2.45, 2.75) is 135 Å². The first-order valence-corrected chi connectivity index (χ1v) is 39.3. The van der Waals surface area contributed by atoms with E-state index in [1.54, 1.807) is 6.07 Å². The van der Waals surface area contributed by atoms with Gasteiger partial charge in [0.2, 0.25) is 0 Å². The zero-order valence-corrected chi connectivity index (χ0v) is 66.1. The highest BCUT2D eigenvalue weighted by Gasteiger charge is 2.46. The van der Waals surface area contributed by atoms with Gasteiger partial charge in [-0.3, -0.25) is 0 Å². The summed E-state index contributed by atoms with van der Waals surface area (Å²) in [5.74, 6) is 0. The van der Waals surface area contributed by atoms with Gasteiger partial charge in [-0.25, -0.2) is 0 Å². The molecule has 14 aromatic carbocycles. The van der Waals surface area contributed by atoms with Crippen molar-refractivity contribution in [3.63, 3.8) is 0 Å². The highest BCUT2D eigenvalue weighted by atomic mass is 79.9. The number of hydrogen-bond acceptors (Lipinski definition) is 2. The minimum absolute atomic E-state index is 0.00299. The molecule has 0 saturated carbocycles. The van der Waals surface area contributed by atoms with Crippen LogP contribution in [-0.4, -0.2) is 17.2 Å². The Hall–Kier alpha value is -9.46. The molecular weight excluding hydrogens is 1420 g/mol. The molecule has 7 aliphatic rings. The van der Waals surface area contributed by atoms with Crippen molar-refractivity contribution in [2.75, 3.05) is 0 Å². The Balaban J connectivity index is 0.000000132. The third kappa shape index (κ3) is 9.28. The molecule has 0 fully saturated rings. The normalized spacial score (nSPS) is 16.7. The monoisotopic (exact) mass is 1500 g/mol. The van der Waals surface area contributed by atoms with Crippen LogP contribution in [-0.2, 0) is 37.9 Å². The van der Waals surface area contributed by atoms with E-state index in [-0.39, 0.29) is 37.9 Å². The summed E-state index contributed by atoms with van der Waals surface area (Å²) < 4.78 is 2.33. The number of halogens is 2. The fourth-order valence-corrected chi connectivity index (χ4v) is 21.5. The Morgan fingerprint density at radius 3 is 1.00 bits per heavy atom. The number of fused-ring (bicyclic) bond motifs is 25. The summed E-state index contributed by atoms with van der Waals surface area (Å²) in [6, 6.07) is 93.2. The maximum absolute atomic E-state index is 9.30. The SMILES string of the molecule is CC1(C)c2cc(Br)ccc2-c2cc3c(cc21)C(C)(C)c1cc(Br)c2ccccc2c1-3.CC1(C)c2ccccc2-c2ccc(-c3ccc4c(c3)C(C)(C)c3cc5c(cc3-4)-c3c(cc(-c4ccc6c(c4)C(C)(C)c4ccccc4-6)c4ccccc34)C5(C)C)cc21.CC1(C)c2ccccc2-c2ccc(B(O)O)cc21. The van der Waals surface area contributed by atoms with Crippen molar-refractivity contribution >= 4 is 66.0 Å². The van der Waals surface area contributed by atoms with E-state index in [4.69, 9.17) is 0 Å². The summed E-state index contributed by atoms with van der Waals surface area (Å²) in [5, 5.41) is 23.9. The molecule has 0 bridgehead atoms. The van der Waals surface area contributed by atoms with Crippen LogP contribution in [0.15, 0.2) is 258 Å². The van der Waals surface area contributed by atoms with E-state index in [0.29, 0.717) is 5.46 Å². The lowest BCUT2D eigenvalue weighted by Crippen LogP contribution is -2.31. The summed E-state index contributed by atoms with van der Waals surface area (Å²) >= 11 is 7.53. The van der Waals surface area contributed by atoms with Gasteiger partial charge in [0.15, 0.2) is 0 Å². The van der Waals surface area contributed by atoms with E-state index in [1.807, 2.05) is 24.3 Å². The lowest BCUT2D eigenvalue weighted by atomic mass is 9.75. The van der Waals surface area contributed by atoms with Crippen LogP contribution in [0.5, 0.6) is 0 Å². The Labute approximate surface area is 641 Å². The highest BCUT2D eigenvalue weighted by molar-refractivity contribution is 9.11. The fourth-order valence-electron chi connectivity index (χ4n) is 20.6. The largest absolute Gasteiger partial charge is 0.488 e. The van der Waals surface area contributed by atoms with Crippen molar-refractivity contribution in [3.8, 4) is 100 Å². The molecule has 14 aromatic rings. The first-order chi connectivity index (χ1) is 50.5. The van der Waals surface area contributed by atoms with Crippen LogP contribution in [0.2, 0.25) is 0 Å². The molecule has 0 atom stereocenters. The lowest BCUT2D eigenvalue weighted by Gasteiger charge is -2.26. The second-order valence-corrected chi connectivity index (χ2v) is 36.5. The van der Waals surface area contributed by atoms with Crippen LogP contribution < -0.4 is 5.46 Å². The molecule has 0 aliphatic heterocycles. The minimum Gasteiger partial charge on any atom is -0.423 e.